The average molecular weight is 173 g/mol. The summed E-state index contributed by atoms with van der Waals surface area (Å²) >= 11 is 0. The van der Waals surface area contributed by atoms with Gasteiger partial charge in [0, 0.05) is 0 Å². The minimum Gasteiger partial charge on any atom is -0.244 e. The van der Waals surface area contributed by atoms with Gasteiger partial charge in [0.2, 0.25) is 0 Å². The van der Waals surface area contributed by atoms with Crippen LogP contribution in [0.15, 0.2) is 0 Å². The summed E-state index contributed by atoms with van der Waals surface area (Å²) in [7, 11) is -10.4. The number of halogens is 5. The van der Waals surface area contributed by atoms with Gasteiger partial charge in [-0.2, -0.15) is 0 Å². The molecule has 0 amide bonds. The fraction of sp³-hybridized carbons (Fsp3) is 0. The zero-order valence-corrected chi connectivity index (χ0v) is 4.38. The van der Waals surface area contributed by atoms with Crippen LogP contribution in [0.5, 0.6) is 0 Å². The minimum absolute atomic E-state index is 3.49. The Morgan fingerprint density at radius 2 is 1.22 bits per heavy atom. The predicted molar refractivity (Wildman–Crippen MR) is 20.1 cm³/mol. The SMILES string of the molecule is O=[N+]([O-])S(F)(F)(F)(F)F. The fourth-order valence-corrected chi connectivity index (χ4v) is 0. The van der Waals surface area contributed by atoms with Gasteiger partial charge >= 0.3 is 10.4 Å². The first kappa shape index (κ1) is 8.40. The van der Waals surface area contributed by atoms with Crippen LogP contribution in [0.4, 0.5) is 19.4 Å². The molecule has 0 saturated heterocycles. The topological polar surface area (TPSA) is 43.1 Å². The molecule has 9 heteroatoms. The van der Waals surface area contributed by atoms with Crippen molar-refractivity contribution in [2.24, 2.45) is 0 Å². The summed E-state index contributed by atoms with van der Waals surface area (Å²) in [6.45, 7) is 0. The lowest BCUT2D eigenvalue weighted by Crippen LogP contribution is -2.16. The second kappa shape index (κ2) is 1.00. The minimum atomic E-state index is -10.4. The van der Waals surface area contributed by atoms with Crippen LogP contribution in [-0.2, 0) is 0 Å². The average Bonchev–Trinajstić information content (AvgIpc) is 1.24. The molecule has 0 fully saturated rings. The summed E-state index contributed by atoms with van der Waals surface area (Å²) in [5.41, 5.74) is 0. The molecule has 0 aliphatic heterocycles. The molecule has 0 saturated carbocycles. The van der Waals surface area contributed by atoms with E-state index in [0.717, 1.165) is 0 Å². The Morgan fingerprint density at radius 3 is 1.22 bits per heavy atom. The molecule has 0 aliphatic carbocycles. The largest absolute Gasteiger partial charge is 0.518 e. The standard InChI is InChI=1S/F5NO2S/c1-9(2,3,4,5)6(7)8. The first-order chi connectivity index (χ1) is 3.43. The molecule has 0 rings (SSSR count). The van der Waals surface area contributed by atoms with E-state index in [-0.39, 0.29) is 0 Å². The lowest BCUT2D eigenvalue weighted by atomic mass is 13.4. The van der Waals surface area contributed by atoms with Crippen LogP contribution in [-0.4, -0.2) is 4.33 Å². The summed E-state index contributed by atoms with van der Waals surface area (Å²) in [5, 5.41) is 8.65. The molecule has 0 heterocycles. The highest BCUT2D eigenvalue weighted by Gasteiger charge is 2.78. The highest BCUT2D eigenvalue weighted by atomic mass is 32.5. The monoisotopic (exact) mass is 173 g/mol. The molecule has 3 nitrogen and oxygen atoms in total. The molecule has 0 aromatic rings. The van der Waals surface area contributed by atoms with Crippen LogP contribution in [0.1, 0.15) is 0 Å². The van der Waals surface area contributed by atoms with E-state index < -0.39 is 14.7 Å². The zero-order valence-electron chi connectivity index (χ0n) is 3.56. The van der Waals surface area contributed by atoms with Crippen molar-refractivity contribution in [3.8, 4) is 0 Å². The van der Waals surface area contributed by atoms with Gasteiger partial charge in [-0.15, -0.1) is 0 Å². The highest BCUT2D eigenvalue weighted by molar-refractivity contribution is 8.40. The van der Waals surface area contributed by atoms with Crippen molar-refractivity contribution >= 4 is 10.4 Å². The maximum atomic E-state index is 10.6. The van der Waals surface area contributed by atoms with Crippen molar-refractivity contribution in [2.75, 3.05) is 0 Å². The van der Waals surface area contributed by atoms with Crippen LogP contribution in [0.2, 0.25) is 0 Å². The van der Waals surface area contributed by atoms with Gasteiger partial charge in [0.1, 0.15) is 0 Å². The fourth-order valence-electron chi connectivity index (χ4n) is 0. The Kier molecular flexibility index (Phi) is 0.934. The van der Waals surface area contributed by atoms with Gasteiger partial charge in [0.25, 0.3) is 0 Å². The molecule has 0 aromatic carbocycles. The molecule has 0 unspecified atom stereocenters. The summed E-state index contributed by atoms with van der Waals surface area (Å²) in [4.78, 5) is 8.65. The molecule has 0 aromatic heterocycles. The van der Waals surface area contributed by atoms with Crippen LogP contribution in [0.25, 0.3) is 0 Å². The molecule has 0 aliphatic rings. The van der Waals surface area contributed by atoms with Gasteiger partial charge in [-0.25, -0.2) is 10.1 Å². The third-order valence-electron chi connectivity index (χ3n) is 0.282. The van der Waals surface area contributed by atoms with Crippen molar-refractivity contribution < 1.29 is 23.8 Å². The van der Waals surface area contributed by atoms with E-state index in [2.05, 4.69) is 0 Å². The van der Waals surface area contributed by atoms with Crippen LogP contribution >= 0.6 is 10.4 Å². The van der Waals surface area contributed by atoms with Crippen molar-refractivity contribution in [3.63, 3.8) is 0 Å². The van der Waals surface area contributed by atoms with E-state index in [4.69, 9.17) is 10.1 Å². The van der Waals surface area contributed by atoms with Crippen molar-refractivity contribution in [1.29, 1.82) is 0 Å². The van der Waals surface area contributed by atoms with Crippen LogP contribution < -0.4 is 0 Å². The normalized spacial score (nSPS) is 20.1. The lowest BCUT2D eigenvalue weighted by Gasteiger charge is -2.28. The zero-order chi connectivity index (χ0) is 7.99. The molecule has 9 heavy (non-hydrogen) atoms. The Bertz CT molecular complexity index is 151. The first-order valence-electron chi connectivity index (χ1n) is 1.32. The van der Waals surface area contributed by atoms with E-state index in [9.17, 15) is 19.4 Å². The molecule has 0 spiro atoms. The van der Waals surface area contributed by atoms with E-state index in [1.165, 1.54) is 0 Å². The number of rotatable bonds is 1. The number of hydrogen-bond acceptors (Lipinski definition) is 2. The number of nitrogens with zero attached hydrogens (tertiary/aromatic N) is 1. The van der Waals surface area contributed by atoms with Gasteiger partial charge in [-0.05, 0) is 19.4 Å². The van der Waals surface area contributed by atoms with Gasteiger partial charge in [0.05, 0.1) is 0 Å². The number of nitro groups is 1. The highest BCUT2D eigenvalue weighted by Crippen LogP contribution is 2.97. The van der Waals surface area contributed by atoms with Gasteiger partial charge in [-0.1, -0.05) is 0 Å². The molecular weight excluding hydrogens is 173 g/mol. The second-order valence-electron chi connectivity index (χ2n) is 1.15. The van der Waals surface area contributed by atoms with Crippen molar-refractivity contribution in [3.05, 3.63) is 10.1 Å². The van der Waals surface area contributed by atoms with E-state index in [0.29, 0.717) is 0 Å². The second-order valence-corrected chi connectivity index (χ2v) is 3.31. The smallest absolute Gasteiger partial charge is 0.244 e. The maximum absolute atomic E-state index is 10.6. The van der Waals surface area contributed by atoms with Crippen LogP contribution in [0.3, 0.4) is 0 Å². The number of hydrogen-bond donors (Lipinski definition) is 0. The summed E-state index contributed by atoms with van der Waals surface area (Å²) in [5.74, 6) is 0. The maximum Gasteiger partial charge on any atom is 0.518 e. The van der Waals surface area contributed by atoms with Crippen molar-refractivity contribution in [1.82, 2.24) is 0 Å². The predicted octanol–water partition coefficient (Wildman–Crippen LogP) is 2.48. The quantitative estimate of drug-likeness (QED) is 0.347. The van der Waals surface area contributed by atoms with Crippen molar-refractivity contribution in [2.45, 2.75) is 0 Å². The molecule has 0 bridgehead atoms. The van der Waals surface area contributed by atoms with Gasteiger partial charge in [-0.3, -0.25) is 0 Å². The molecule has 58 valence electrons. The Balaban J connectivity index is 5.01. The van der Waals surface area contributed by atoms with Gasteiger partial charge in [0.15, 0.2) is 4.33 Å². The Morgan fingerprint density at radius 1 is 1.11 bits per heavy atom. The lowest BCUT2D eigenvalue weighted by molar-refractivity contribution is -0.360. The summed E-state index contributed by atoms with van der Waals surface area (Å²) in [6, 6.07) is 0. The van der Waals surface area contributed by atoms with Gasteiger partial charge < -0.3 is 0 Å². The summed E-state index contributed by atoms with van der Waals surface area (Å²) < 4.78 is 49.7. The summed E-state index contributed by atoms with van der Waals surface area (Å²) in [6.07, 6.45) is 0. The molecular formula is F5NO2S. The van der Waals surface area contributed by atoms with E-state index >= 15 is 0 Å². The molecule has 0 atom stereocenters. The third kappa shape index (κ3) is 2.44. The van der Waals surface area contributed by atoms with E-state index in [1.807, 2.05) is 0 Å². The molecule has 0 radical (unpaired) electrons. The Labute approximate surface area is 45.5 Å². The third-order valence-corrected chi connectivity index (χ3v) is 0.845. The Hall–Kier alpha value is -0.600. The van der Waals surface area contributed by atoms with Crippen LogP contribution in [0, 0.1) is 10.1 Å². The first-order valence-corrected chi connectivity index (χ1v) is 3.23. The molecule has 0 N–H and O–H groups in total. The van der Waals surface area contributed by atoms with E-state index in [1.54, 1.807) is 0 Å².